The van der Waals surface area contributed by atoms with Gasteiger partial charge in [0.05, 0.1) is 18.4 Å². The summed E-state index contributed by atoms with van der Waals surface area (Å²) < 4.78 is 6.29. The molecule has 0 aromatic carbocycles. The number of nitrogens with zero attached hydrogens (tertiary/aromatic N) is 3. The van der Waals surface area contributed by atoms with Crippen LogP contribution in [0.2, 0.25) is 0 Å². The Morgan fingerprint density at radius 2 is 2.29 bits per heavy atom. The van der Waals surface area contributed by atoms with Crippen LogP contribution < -0.4 is 5.73 Å². The van der Waals surface area contributed by atoms with E-state index in [1.165, 1.54) is 13.3 Å². The van der Waals surface area contributed by atoms with Crippen LogP contribution in [0.3, 0.4) is 0 Å². The van der Waals surface area contributed by atoms with Gasteiger partial charge in [-0.2, -0.15) is 5.10 Å². The molecule has 0 aliphatic carbocycles. The Labute approximate surface area is 98.0 Å². The van der Waals surface area contributed by atoms with Gasteiger partial charge in [-0.05, 0) is 6.07 Å². The molecule has 0 spiro atoms. The summed E-state index contributed by atoms with van der Waals surface area (Å²) >= 11 is 0. The third-order valence-electron chi connectivity index (χ3n) is 2.34. The molecule has 0 saturated heterocycles. The van der Waals surface area contributed by atoms with Crippen molar-refractivity contribution in [2.75, 3.05) is 12.8 Å². The molecule has 2 N–H and O–H groups in total. The smallest absolute Gasteiger partial charge is 0.338 e. The molecule has 0 aliphatic rings. The number of nitrogens with two attached hydrogens (primary N) is 1. The van der Waals surface area contributed by atoms with Crippen LogP contribution in [0.4, 0.5) is 5.69 Å². The maximum absolute atomic E-state index is 11.6. The van der Waals surface area contributed by atoms with E-state index in [-0.39, 0.29) is 0 Å². The second-order valence-electron chi connectivity index (χ2n) is 3.52. The summed E-state index contributed by atoms with van der Waals surface area (Å²) in [4.78, 5) is 15.6. The lowest BCUT2D eigenvalue weighted by molar-refractivity contribution is 0.0601. The number of rotatable bonds is 2. The number of aromatic nitrogens is 3. The lowest BCUT2D eigenvalue weighted by Gasteiger charge is -2.05. The van der Waals surface area contributed by atoms with E-state index in [1.54, 1.807) is 30.2 Å². The van der Waals surface area contributed by atoms with Gasteiger partial charge >= 0.3 is 5.97 Å². The van der Waals surface area contributed by atoms with Gasteiger partial charge in [-0.15, -0.1) is 0 Å². The van der Waals surface area contributed by atoms with Gasteiger partial charge in [0.15, 0.2) is 0 Å². The van der Waals surface area contributed by atoms with Gasteiger partial charge in [0.1, 0.15) is 5.69 Å². The zero-order valence-corrected chi connectivity index (χ0v) is 9.54. The number of carbonyl (C=O) groups is 1. The van der Waals surface area contributed by atoms with Crippen LogP contribution >= 0.6 is 0 Å². The number of ether oxygens (including phenoxy) is 1. The number of aryl methyl sites for hydroxylation is 1. The topological polar surface area (TPSA) is 83.0 Å². The molecule has 17 heavy (non-hydrogen) atoms. The van der Waals surface area contributed by atoms with Crippen molar-refractivity contribution >= 4 is 11.7 Å². The average Bonchev–Trinajstić information content (AvgIpc) is 2.67. The van der Waals surface area contributed by atoms with Crippen molar-refractivity contribution in [1.29, 1.82) is 0 Å². The molecule has 0 aliphatic heterocycles. The predicted molar refractivity (Wildman–Crippen MR) is 62.2 cm³/mol. The first kappa shape index (κ1) is 11.1. The van der Waals surface area contributed by atoms with Crippen molar-refractivity contribution in [2.24, 2.45) is 7.05 Å². The highest BCUT2D eigenvalue weighted by molar-refractivity contribution is 5.97. The second kappa shape index (κ2) is 4.25. The van der Waals surface area contributed by atoms with Gasteiger partial charge in [-0.1, -0.05) is 0 Å². The number of carbonyl (C=O) groups excluding carboxylic acids is 1. The van der Waals surface area contributed by atoms with E-state index in [0.717, 1.165) is 0 Å². The molecule has 6 nitrogen and oxygen atoms in total. The molecule has 2 heterocycles. The quantitative estimate of drug-likeness (QED) is 0.776. The van der Waals surface area contributed by atoms with Crippen LogP contribution in [0, 0.1) is 0 Å². The number of pyridine rings is 1. The lowest BCUT2D eigenvalue weighted by atomic mass is 10.1. The molecule has 88 valence electrons. The highest BCUT2D eigenvalue weighted by atomic mass is 16.5. The monoisotopic (exact) mass is 232 g/mol. The summed E-state index contributed by atoms with van der Waals surface area (Å²) in [5.74, 6) is -0.438. The van der Waals surface area contributed by atoms with Crippen molar-refractivity contribution in [3.05, 3.63) is 30.2 Å². The second-order valence-corrected chi connectivity index (χ2v) is 3.52. The third kappa shape index (κ3) is 1.96. The number of hydrogen-bond donors (Lipinski definition) is 1. The van der Waals surface area contributed by atoms with Crippen LogP contribution in [0.1, 0.15) is 10.4 Å². The van der Waals surface area contributed by atoms with E-state index in [2.05, 4.69) is 10.1 Å². The van der Waals surface area contributed by atoms with Crippen molar-refractivity contribution in [3.63, 3.8) is 0 Å². The first-order chi connectivity index (χ1) is 8.13. The van der Waals surface area contributed by atoms with Crippen molar-refractivity contribution in [2.45, 2.75) is 0 Å². The Morgan fingerprint density at radius 3 is 2.88 bits per heavy atom. The number of esters is 1. The van der Waals surface area contributed by atoms with E-state index in [9.17, 15) is 4.79 Å². The highest BCUT2D eigenvalue weighted by Crippen LogP contribution is 2.26. The normalized spacial score (nSPS) is 10.2. The Hall–Kier alpha value is -2.37. The lowest BCUT2D eigenvalue weighted by Crippen LogP contribution is -2.05. The fourth-order valence-corrected chi connectivity index (χ4v) is 1.59. The molecule has 0 unspecified atom stereocenters. The molecule has 2 aromatic heterocycles. The van der Waals surface area contributed by atoms with Crippen molar-refractivity contribution < 1.29 is 9.53 Å². The van der Waals surface area contributed by atoms with Gasteiger partial charge in [-0.3, -0.25) is 9.67 Å². The van der Waals surface area contributed by atoms with E-state index in [0.29, 0.717) is 22.5 Å². The number of nitrogen functional groups attached to an aromatic ring is 1. The minimum absolute atomic E-state index is 0.396. The van der Waals surface area contributed by atoms with Crippen molar-refractivity contribution in [1.82, 2.24) is 14.8 Å². The third-order valence-corrected chi connectivity index (χ3v) is 2.34. The fraction of sp³-hybridized carbons (Fsp3) is 0.182. The zero-order chi connectivity index (χ0) is 12.4. The molecule has 0 fully saturated rings. The maximum Gasteiger partial charge on any atom is 0.338 e. The highest BCUT2D eigenvalue weighted by Gasteiger charge is 2.17. The maximum atomic E-state index is 11.6. The molecule has 6 heteroatoms. The van der Waals surface area contributed by atoms with Gasteiger partial charge < -0.3 is 10.5 Å². The van der Waals surface area contributed by atoms with E-state index in [1.807, 2.05) is 0 Å². The summed E-state index contributed by atoms with van der Waals surface area (Å²) in [5, 5.41) is 4.20. The summed E-state index contributed by atoms with van der Waals surface area (Å²) in [6.07, 6.45) is 4.74. The SMILES string of the molecule is COC(=O)c1ccncc1-c1nn(C)cc1N. The Kier molecular flexibility index (Phi) is 2.78. The molecule has 2 aromatic rings. The Bertz CT molecular complexity index is 562. The molecule has 0 amide bonds. The standard InChI is InChI=1S/C11H12N4O2/c1-15-6-9(12)10(14-15)8-5-13-4-3-7(8)11(16)17-2/h3-6H,12H2,1-2H3. The minimum Gasteiger partial charge on any atom is -0.465 e. The van der Waals surface area contributed by atoms with Gasteiger partial charge in [0.25, 0.3) is 0 Å². The summed E-state index contributed by atoms with van der Waals surface area (Å²) in [7, 11) is 3.09. The first-order valence-electron chi connectivity index (χ1n) is 4.95. The van der Waals surface area contributed by atoms with Crippen LogP contribution in [0.15, 0.2) is 24.7 Å². The van der Waals surface area contributed by atoms with Gasteiger partial charge in [0.2, 0.25) is 0 Å². The summed E-state index contributed by atoms with van der Waals surface area (Å²) in [5.41, 5.74) is 7.80. The fourth-order valence-electron chi connectivity index (χ4n) is 1.59. The zero-order valence-electron chi connectivity index (χ0n) is 9.54. The minimum atomic E-state index is -0.438. The van der Waals surface area contributed by atoms with Crippen molar-refractivity contribution in [3.8, 4) is 11.3 Å². The van der Waals surface area contributed by atoms with E-state index in [4.69, 9.17) is 10.5 Å². The molecular formula is C11H12N4O2. The number of hydrogen-bond acceptors (Lipinski definition) is 5. The molecular weight excluding hydrogens is 220 g/mol. The Morgan fingerprint density at radius 1 is 1.53 bits per heavy atom. The first-order valence-corrected chi connectivity index (χ1v) is 4.95. The molecule has 0 bridgehead atoms. The van der Waals surface area contributed by atoms with E-state index >= 15 is 0 Å². The van der Waals surface area contributed by atoms with Crippen LogP contribution in [-0.4, -0.2) is 27.8 Å². The van der Waals surface area contributed by atoms with Crippen LogP contribution in [0.5, 0.6) is 0 Å². The average molecular weight is 232 g/mol. The largest absolute Gasteiger partial charge is 0.465 e. The van der Waals surface area contributed by atoms with Crippen LogP contribution in [0.25, 0.3) is 11.3 Å². The molecule has 0 radical (unpaired) electrons. The summed E-state index contributed by atoms with van der Waals surface area (Å²) in [6.45, 7) is 0. The summed E-state index contributed by atoms with van der Waals surface area (Å²) in [6, 6.07) is 1.58. The number of methoxy groups -OCH3 is 1. The van der Waals surface area contributed by atoms with Gasteiger partial charge in [-0.25, -0.2) is 4.79 Å². The molecule has 0 atom stereocenters. The predicted octanol–water partition coefficient (Wildman–Crippen LogP) is 0.851. The van der Waals surface area contributed by atoms with E-state index < -0.39 is 5.97 Å². The number of anilines is 1. The molecule has 2 rings (SSSR count). The molecule has 0 saturated carbocycles. The van der Waals surface area contributed by atoms with Crippen LogP contribution in [-0.2, 0) is 11.8 Å². The van der Waals surface area contributed by atoms with Gasteiger partial charge in [0, 0.05) is 31.2 Å². The Balaban J connectivity index is 2.59.